The maximum absolute atomic E-state index is 10.7. The van der Waals surface area contributed by atoms with E-state index in [2.05, 4.69) is 6.07 Å². The third-order valence-corrected chi connectivity index (χ3v) is 5.90. The molecule has 1 unspecified atom stereocenters. The fourth-order valence-corrected chi connectivity index (χ4v) is 4.60. The first kappa shape index (κ1) is 15.1. The summed E-state index contributed by atoms with van der Waals surface area (Å²) in [5.41, 5.74) is 0. The highest BCUT2D eigenvalue weighted by atomic mass is 32.2. The predicted octanol–water partition coefficient (Wildman–Crippen LogP) is 1.99. The van der Waals surface area contributed by atoms with Crippen LogP contribution in [0.4, 0.5) is 0 Å². The van der Waals surface area contributed by atoms with E-state index in [1.165, 1.54) is 5.30 Å². The molecule has 0 saturated carbocycles. The maximum atomic E-state index is 10.7. The summed E-state index contributed by atoms with van der Waals surface area (Å²) in [5, 5.41) is 9.82. The van der Waals surface area contributed by atoms with Gasteiger partial charge in [0.05, 0.1) is 11.8 Å². The molecule has 0 bridgehead atoms. The Morgan fingerprint density at radius 2 is 1.89 bits per heavy atom. The lowest BCUT2D eigenvalue weighted by molar-refractivity contribution is 0.482. The lowest BCUT2D eigenvalue weighted by Crippen LogP contribution is -2.10. The standard InChI is InChI=1S/C12H16NO3PS/c13-8-4-9-17(10-5-11-18(14,15)16)12-6-2-1-3-7-12/h1-3,6-7H,4-5,9-11H2,(H,14,15,16). The van der Waals surface area contributed by atoms with Gasteiger partial charge in [-0.3, -0.25) is 4.55 Å². The molecule has 0 fully saturated rings. The molecule has 0 aliphatic rings. The van der Waals surface area contributed by atoms with E-state index >= 15 is 0 Å². The first-order chi connectivity index (χ1) is 8.53. The summed E-state index contributed by atoms with van der Waals surface area (Å²) < 4.78 is 30.1. The van der Waals surface area contributed by atoms with E-state index < -0.39 is 18.0 Å². The van der Waals surface area contributed by atoms with Crippen molar-refractivity contribution >= 4 is 23.3 Å². The second kappa shape index (κ2) is 7.48. The molecule has 0 radical (unpaired) electrons. The minimum Gasteiger partial charge on any atom is -0.286 e. The Labute approximate surface area is 109 Å². The number of nitrogens with zero attached hydrogens (tertiary/aromatic N) is 1. The molecule has 0 aromatic heterocycles. The van der Waals surface area contributed by atoms with Crippen LogP contribution in [0.1, 0.15) is 12.8 Å². The number of rotatable bonds is 7. The molecule has 0 amide bonds. The van der Waals surface area contributed by atoms with Crippen molar-refractivity contribution in [2.24, 2.45) is 0 Å². The third-order valence-electron chi connectivity index (χ3n) is 2.45. The van der Waals surface area contributed by atoms with Crippen LogP contribution in [-0.4, -0.2) is 31.0 Å². The molecule has 1 aromatic carbocycles. The van der Waals surface area contributed by atoms with Gasteiger partial charge in [-0.05, 0) is 24.0 Å². The Hall–Kier alpha value is -0.950. The van der Waals surface area contributed by atoms with Crippen molar-refractivity contribution < 1.29 is 13.0 Å². The fourth-order valence-electron chi connectivity index (χ4n) is 1.63. The van der Waals surface area contributed by atoms with Gasteiger partial charge in [0.15, 0.2) is 0 Å². The van der Waals surface area contributed by atoms with Crippen molar-refractivity contribution in [2.45, 2.75) is 12.8 Å². The van der Waals surface area contributed by atoms with Crippen LogP contribution < -0.4 is 5.30 Å². The van der Waals surface area contributed by atoms with Crippen molar-refractivity contribution in [2.75, 3.05) is 18.1 Å². The molecule has 0 spiro atoms. The number of hydrogen-bond acceptors (Lipinski definition) is 3. The first-order valence-corrected chi connectivity index (χ1v) is 8.97. The quantitative estimate of drug-likeness (QED) is 0.614. The number of hydrogen-bond donors (Lipinski definition) is 1. The van der Waals surface area contributed by atoms with Gasteiger partial charge in [-0.2, -0.15) is 13.7 Å². The molecule has 1 atom stereocenters. The summed E-state index contributed by atoms with van der Waals surface area (Å²) in [6.07, 6.45) is 2.42. The lowest BCUT2D eigenvalue weighted by atomic mass is 10.4. The summed E-state index contributed by atoms with van der Waals surface area (Å²) in [6.45, 7) is 0. The Balaban J connectivity index is 2.60. The van der Waals surface area contributed by atoms with Crippen molar-refractivity contribution in [1.82, 2.24) is 0 Å². The predicted molar refractivity (Wildman–Crippen MR) is 74.0 cm³/mol. The molecule has 0 aliphatic heterocycles. The summed E-state index contributed by atoms with van der Waals surface area (Å²) in [4.78, 5) is 0. The van der Waals surface area contributed by atoms with Crippen LogP contribution in [0.25, 0.3) is 0 Å². The minimum atomic E-state index is -3.88. The van der Waals surface area contributed by atoms with Gasteiger partial charge in [0.25, 0.3) is 10.1 Å². The van der Waals surface area contributed by atoms with E-state index in [-0.39, 0.29) is 5.75 Å². The zero-order valence-corrected chi connectivity index (χ0v) is 11.7. The Bertz CT molecular complexity index is 496. The Kier molecular flexibility index (Phi) is 6.28. The Morgan fingerprint density at radius 1 is 1.22 bits per heavy atom. The van der Waals surface area contributed by atoms with Crippen LogP contribution in [0.3, 0.4) is 0 Å². The number of nitriles is 1. The molecule has 18 heavy (non-hydrogen) atoms. The molecular weight excluding hydrogens is 269 g/mol. The topological polar surface area (TPSA) is 78.2 Å². The smallest absolute Gasteiger partial charge is 0.264 e. The lowest BCUT2D eigenvalue weighted by Gasteiger charge is -2.16. The van der Waals surface area contributed by atoms with E-state index in [1.54, 1.807) is 0 Å². The highest BCUT2D eigenvalue weighted by molar-refractivity contribution is 7.85. The second-order valence-corrected chi connectivity index (χ2v) is 7.93. The van der Waals surface area contributed by atoms with Crippen LogP contribution in [0.5, 0.6) is 0 Å². The van der Waals surface area contributed by atoms with E-state index in [9.17, 15) is 8.42 Å². The average Bonchev–Trinajstić information content (AvgIpc) is 2.33. The molecule has 1 N–H and O–H groups in total. The molecule has 0 heterocycles. The van der Waals surface area contributed by atoms with Crippen molar-refractivity contribution in [3.8, 4) is 6.07 Å². The summed E-state index contributed by atoms with van der Waals surface area (Å²) >= 11 is 0. The summed E-state index contributed by atoms with van der Waals surface area (Å²) in [6, 6.07) is 12.0. The monoisotopic (exact) mass is 285 g/mol. The van der Waals surface area contributed by atoms with Gasteiger partial charge < -0.3 is 0 Å². The highest BCUT2D eigenvalue weighted by Gasteiger charge is 2.12. The van der Waals surface area contributed by atoms with Gasteiger partial charge in [0.1, 0.15) is 0 Å². The van der Waals surface area contributed by atoms with Crippen molar-refractivity contribution in [3.05, 3.63) is 30.3 Å². The van der Waals surface area contributed by atoms with E-state index in [1.807, 2.05) is 30.3 Å². The van der Waals surface area contributed by atoms with Gasteiger partial charge >= 0.3 is 0 Å². The van der Waals surface area contributed by atoms with Crippen molar-refractivity contribution in [1.29, 1.82) is 5.26 Å². The van der Waals surface area contributed by atoms with Gasteiger partial charge in [0.2, 0.25) is 0 Å². The normalized spacial score (nSPS) is 12.9. The van der Waals surface area contributed by atoms with Crippen LogP contribution in [-0.2, 0) is 10.1 Å². The summed E-state index contributed by atoms with van der Waals surface area (Å²) in [7, 11) is -4.39. The third kappa shape index (κ3) is 6.11. The largest absolute Gasteiger partial charge is 0.286 e. The van der Waals surface area contributed by atoms with Gasteiger partial charge in [-0.15, -0.1) is 0 Å². The van der Waals surface area contributed by atoms with Crippen molar-refractivity contribution in [3.63, 3.8) is 0 Å². The molecule has 98 valence electrons. The Morgan fingerprint density at radius 3 is 2.44 bits per heavy atom. The highest BCUT2D eigenvalue weighted by Crippen LogP contribution is 2.35. The van der Waals surface area contributed by atoms with E-state index in [4.69, 9.17) is 9.81 Å². The molecule has 4 nitrogen and oxygen atoms in total. The minimum absolute atomic E-state index is 0.203. The molecule has 0 saturated heterocycles. The van der Waals surface area contributed by atoms with Crippen LogP contribution in [0.2, 0.25) is 0 Å². The molecular formula is C12H16NO3PS. The molecule has 1 aromatic rings. The maximum Gasteiger partial charge on any atom is 0.264 e. The van der Waals surface area contributed by atoms with E-state index in [0.29, 0.717) is 12.8 Å². The van der Waals surface area contributed by atoms with E-state index in [0.717, 1.165) is 12.3 Å². The fraction of sp³-hybridized carbons (Fsp3) is 0.417. The average molecular weight is 285 g/mol. The zero-order valence-electron chi connectivity index (χ0n) is 9.99. The summed E-state index contributed by atoms with van der Waals surface area (Å²) in [5.74, 6) is -0.203. The van der Waals surface area contributed by atoms with Crippen LogP contribution in [0.15, 0.2) is 30.3 Å². The molecule has 1 rings (SSSR count). The SMILES string of the molecule is N#CCCP(CCCS(=O)(=O)O)c1ccccc1. The van der Waals surface area contributed by atoms with Crippen LogP contribution in [0, 0.1) is 11.3 Å². The molecule has 6 heteroatoms. The molecule has 0 aliphatic carbocycles. The van der Waals surface area contributed by atoms with Gasteiger partial charge in [-0.1, -0.05) is 38.3 Å². The first-order valence-electron chi connectivity index (χ1n) is 5.65. The van der Waals surface area contributed by atoms with Gasteiger partial charge in [-0.25, -0.2) is 0 Å². The second-order valence-electron chi connectivity index (χ2n) is 3.87. The van der Waals surface area contributed by atoms with Crippen LogP contribution >= 0.6 is 7.92 Å². The zero-order chi connectivity index (χ0) is 13.4. The number of benzene rings is 1. The van der Waals surface area contributed by atoms with Gasteiger partial charge in [0, 0.05) is 6.42 Å².